The van der Waals surface area contributed by atoms with Gasteiger partial charge < -0.3 is 25.8 Å². The topological polar surface area (TPSA) is 155 Å². The average molecular weight is 666 g/mol. The maximum absolute atomic E-state index is 14.6. The second-order valence-corrected chi connectivity index (χ2v) is 13.8. The van der Waals surface area contributed by atoms with Crippen molar-refractivity contribution >= 4 is 17.4 Å². The number of phenolic OH excluding ortho intramolecular Hbond substituents is 1. The molecule has 258 valence electrons. The molecule has 2 aromatic carbocycles. The highest BCUT2D eigenvalue weighted by atomic mass is 19.1. The molecule has 5 atom stereocenters. The predicted molar refractivity (Wildman–Crippen MR) is 176 cm³/mol. The van der Waals surface area contributed by atoms with E-state index >= 15 is 0 Å². The van der Waals surface area contributed by atoms with E-state index in [1.165, 1.54) is 20.1 Å². The number of hydrogen-bond acceptors (Lipinski definition) is 10. The summed E-state index contributed by atoms with van der Waals surface area (Å²) >= 11 is 0. The fraction of sp³-hybridized carbons (Fsp3) is 0.500. The number of nitrogens with two attached hydrogens (primary N) is 1. The summed E-state index contributed by atoms with van der Waals surface area (Å²) in [4.78, 5) is 42.0. The van der Waals surface area contributed by atoms with Gasteiger partial charge in [-0.2, -0.15) is 0 Å². The molecule has 3 unspecified atom stereocenters. The molecule has 6 rings (SSSR count). The van der Waals surface area contributed by atoms with Crippen LogP contribution in [0.2, 0.25) is 0 Å². The van der Waals surface area contributed by atoms with Gasteiger partial charge >= 0.3 is 0 Å². The highest BCUT2D eigenvalue weighted by molar-refractivity contribution is 6.08. The van der Waals surface area contributed by atoms with E-state index in [9.17, 15) is 29.3 Å². The van der Waals surface area contributed by atoms with Gasteiger partial charge in [-0.15, -0.1) is 0 Å². The van der Waals surface area contributed by atoms with E-state index < -0.39 is 47.3 Å². The molecule has 5 N–H and O–H groups in total. The number of methoxy groups -OCH3 is 1. The largest absolute Gasteiger partial charge is 0.510 e. The first-order valence-electron chi connectivity index (χ1n) is 16.3. The van der Waals surface area contributed by atoms with E-state index in [0.29, 0.717) is 56.6 Å². The number of Topliss-reactive ketones (excluding diaryl/α,β-unsaturated/α-hetero) is 1. The van der Waals surface area contributed by atoms with Crippen molar-refractivity contribution in [3.63, 3.8) is 0 Å². The Labute approximate surface area is 279 Å². The Morgan fingerprint density at radius 1 is 1.10 bits per heavy atom. The van der Waals surface area contributed by atoms with Crippen LogP contribution < -0.4 is 10.5 Å². The Bertz CT molecular complexity index is 1700. The molecular weight excluding hydrogens is 621 g/mol. The van der Waals surface area contributed by atoms with Crippen molar-refractivity contribution < 1.29 is 43.8 Å². The van der Waals surface area contributed by atoms with Crippen LogP contribution in [0.1, 0.15) is 42.9 Å². The Morgan fingerprint density at radius 3 is 2.44 bits per heavy atom. The number of nitrogens with zero attached hydrogens (tertiary/aromatic N) is 2. The molecule has 12 heteroatoms. The third kappa shape index (κ3) is 5.44. The minimum atomic E-state index is -1.76. The van der Waals surface area contributed by atoms with Crippen LogP contribution in [0.15, 0.2) is 47.2 Å². The van der Waals surface area contributed by atoms with Crippen LogP contribution >= 0.6 is 0 Å². The molecule has 11 nitrogen and oxygen atoms in total. The van der Waals surface area contributed by atoms with Crippen molar-refractivity contribution in [2.75, 3.05) is 41.4 Å². The Balaban J connectivity index is 1.47. The standard InChI is InChI=1S/C36H44FN3O8/c1-36(48-47-5)29-24(31(39(2)3)34(44)30(36)35(38)45)16-19-15-23-21(7-8-25(41)28(23)32(42)27(19)33(29)43)22-14-18(6-9-26(22)46-4)17-40-12-10-20(37)11-13-40/h6-9,14,19-20,24,29,31,41-42,44H,10-13,15-17H2,1-5H3,(H2,38,45)/t19?,24?,29?,31-,36+/m0/s1. The molecular formula is C36H44FN3O8. The number of carbonyl (C=O) groups is 2. The second-order valence-electron chi connectivity index (χ2n) is 13.8. The van der Waals surface area contributed by atoms with Crippen LogP contribution in [0, 0.1) is 17.8 Å². The number of benzene rings is 2. The summed E-state index contributed by atoms with van der Waals surface area (Å²) in [6.07, 6.45) is 0.894. The molecule has 4 aliphatic rings. The van der Waals surface area contributed by atoms with Gasteiger partial charge in [-0.25, -0.2) is 14.2 Å². The number of fused-ring (bicyclic) bond motifs is 3. The highest BCUT2D eigenvalue weighted by Crippen LogP contribution is 2.56. The summed E-state index contributed by atoms with van der Waals surface area (Å²) in [5.74, 6) is -3.72. The number of primary amides is 1. The summed E-state index contributed by atoms with van der Waals surface area (Å²) in [7, 11) is 6.31. The van der Waals surface area contributed by atoms with Crippen molar-refractivity contribution in [2.24, 2.45) is 23.5 Å². The zero-order valence-electron chi connectivity index (χ0n) is 28.0. The first-order chi connectivity index (χ1) is 22.8. The first kappa shape index (κ1) is 33.9. The fourth-order valence-electron chi connectivity index (χ4n) is 8.76. The average Bonchev–Trinajstić information content (AvgIpc) is 3.01. The van der Waals surface area contributed by atoms with E-state index in [1.807, 2.05) is 18.2 Å². The van der Waals surface area contributed by atoms with E-state index in [2.05, 4.69) is 4.90 Å². The molecule has 0 spiro atoms. The zero-order valence-corrected chi connectivity index (χ0v) is 28.0. The number of ketones is 1. The van der Waals surface area contributed by atoms with Gasteiger partial charge in [0.25, 0.3) is 5.91 Å². The molecule has 1 saturated carbocycles. The number of halogens is 1. The molecule has 1 amide bonds. The van der Waals surface area contributed by atoms with Crippen molar-refractivity contribution in [1.82, 2.24) is 9.80 Å². The molecule has 0 radical (unpaired) electrons. The number of hydrogen-bond donors (Lipinski definition) is 4. The number of likely N-dealkylation sites (tertiary alicyclic amines) is 1. The number of allylic oxidation sites excluding steroid dienone is 1. The smallest absolute Gasteiger partial charge is 0.251 e. The van der Waals surface area contributed by atoms with Crippen molar-refractivity contribution in [3.8, 4) is 22.6 Å². The van der Waals surface area contributed by atoms with E-state index in [4.69, 9.17) is 20.2 Å². The number of amides is 1. The number of rotatable bonds is 8. The fourth-order valence-corrected chi connectivity index (χ4v) is 8.76. The molecule has 1 aliphatic heterocycles. The van der Waals surface area contributed by atoms with Crippen LogP contribution in [0.4, 0.5) is 4.39 Å². The predicted octanol–water partition coefficient (Wildman–Crippen LogP) is 4.23. The molecule has 2 aromatic rings. The van der Waals surface area contributed by atoms with Crippen LogP contribution in [-0.4, -0.2) is 96.0 Å². The molecule has 0 aromatic heterocycles. The quantitative estimate of drug-likeness (QED) is 0.238. The van der Waals surface area contributed by atoms with Gasteiger partial charge in [0, 0.05) is 30.8 Å². The maximum atomic E-state index is 14.6. The number of likely N-dealkylation sites (N-methyl/N-ethyl adjacent to an activating group) is 1. The number of aromatic hydroxyl groups is 1. The van der Waals surface area contributed by atoms with Gasteiger partial charge in [-0.1, -0.05) is 12.1 Å². The van der Waals surface area contributed by atoms with Gasteiger partial charge in [0.2, 0.25) is 0 Å². The Morgan fingerprint density at radius 2 is 1.81 bits per heavy atom. The van der Waals surface area contributed by atoms with E-state index in [0.717, 1.165) is 16.7 Å². The monoisotopic (exact) mass is 665 g/mol. The van der Waals surface area contributed by atoms with Gasteiger partial charge in [-0.3, -0.25) is 19.4 Å². The third-order valence-corrected chi connectivity index (χ3v) is 10.7. The summed E-state index contributed by atoms with van der Waals surface area (Å²) in [5.41, 5.74) is 7.19. The minimum Gasteiger partial charge on any atom is -0.510 e. The molecule has 48 heavy (non-hydrogen) atoms. The molecule has 1 heterocycles. The number of carbonyl (C=O) groups excluding carboxylic acids is 2. The zero-order chi connectivity index (χ0) is 34.7. The summed E-state index contributed by atoms with van der Waals surface area (Å²) < 4.78 is 19.6. The van der Waals surface area contributed by atoms with Crippen LogP contribution in [0.3, 0.4) is 0 Å². The lowest BCUT2D eigenvalue weighted by molar-refractivity contribution is -0.344. The van der Waals surface area contributed by atoms with Gasteiger partial charge in [0.05, 0.1) is 37.3 Å². The SMILES string of the molecule is COO[C@@]1(C)C(C(N)=O)=C(O)[C@@H](N(C)C)C2CC3Cc4c(-c5cc(CN6CCC(F)CC6)ccc5OC)ccc(O)c4C(O)=C3C(=O)C21. The van der Waals surface area contributed by atoms with E-state index in [-0.39, 0.29) is 34.0 Å². The first-order valence-corrected chi connectivity index (χ1v) is 16.3. The van der Waals surface area contributed by atoms with Crippen LogP contribution in [0.5, 0.6) is 11.5 Å². The Kier molecular flexibility index (Phi) is 9.05. The van der Waals surface area contributed by atoms with Crippen molar-refractivity contribution in [2.45, 2.75) is 57.0 Å². The maximum Gasteiger partial charge on any atom is 0.251 e. The molecule has 3 aliphatic carbocycles. The van der Waals surface area contributed by atoms with Crippen molar-refractivity contribution in [3.05, 3.63) is 63.9 Å². The molecule has 2 fully saturated rings. The number of phenols is 1. The summed E-state index contributed by atoms with van der Waals surface area (Å²) in [6, 6.07) is 8.42. The van der Waals surface area contributed by atoms with Gasteiger partial charge in [0.15, 0.2) is 5.78 Å². The lowest BCUT2D eigenvalue weighted by Gasteiger charge is -2.52. The number of aliphatic hydroxyl groups excluding tert-OH is 2. The van der Waals surface area contributed by atoms with Crippen LogP contribution in [-0.2, 0) is 32.3 Å². The highest BCUT2D eigenvalue weighted by Gasteiger charge is 2.62. The number of ether oxygens (including phenoxy) is 1. The summed E-state index contributed by atoms with van der Waals surface area (Å²) in [5, 5.41) is 34.5. The minimum absolute atomic E-state index is 0.127. The Hall–Kier alpha value is -3.97. The number of alkyl halides is 1. The van der Waals surface area contributed by atoms with E-state index in [1.54, 1.807) is 32.2 Å². The van der Waals surface area contributed by atoms with Gasteiger partial charge in [0.1, 0.15) is 34.8 Å². The normalized spacial score (nSPS) is 27.9. The summed E-state index contributed by atoms with van der Waals surface area (Å²) in [6.45, 7) is 3.46. The second kappa shape index (κ2) is 12.8. The lowest BCUT2D eigenvalue weighted by atomic mass is 9.55. The molecule has 1 saturated heterocycles. The lowest BCUT2D eigenvalue weighted by Crippen LogP contribution is -2.62. The van der Waals surface area contributed by atoms with Crippen molar-refractivity contribution in [1.29, 1.82) is 0 Å². The third-order valence-electron chi connectivity index (χ3n) is 10.7. The van der Waals surface area contributed by atoms with Gasteiger partial charge in [-0.05, 0) is 93.4 Å². The molecule has 0 bridgehead atoms. The number of aliphatic hydroxyl groups is 2. The van der Waals surface area contributed by atoms with Crippen LogP contribution in [0.25, 0.3) is 16.9 Å². The number of piperidine rings is 1.